The quantitative estimate of drug-likeness (QED) is 0.926. The first kappa shape index (κ1) is 16.0. The molecule has 1 aliphatic rings. The summed E-state index contributed by atoms with van der Waals surface area (Å²) in [6.45, 7) is 0.986. The van der Waals surface area contributed by atoms with Crippen LogP contribution in [0.4, 0.5) is 4.39 Å². The fraction of sp³-hybridized carbons (Fsp3) is 0.278. The van der Waals surface area contributed by atoms with E-state index >= 15 is 0 Å². The molecule has 1 amide bonds. The van der Waals surface area contributed by atoms with E-state index in [0.717, 1.165) is 6.54 Å². The molecule has 1 unspecified atom stereocenters. The second-order valence-electron chi connectivity index (χ2n) is 5.82. The molecule has 0 bridgehead atoms. The van der Waals surface area contributed by atoms with Gasteiger partial charge < -0.3 is 10.2 Å². The van der Waals surface area contributed by atoms with Crippen molar-refractivity contribution < 1.29 is 9.18 Å². The highest BCUT2D eigenvalue weighted by atomic mass is 35.5. The number of nitrogens with zero attached hydrogens (tertiary/aromatic N) is 1. The molecule has 0 saturated carbocycles. The van der Waals surface area contributed by atoms with Gasteiger partial charge in [0.05, 0.1) is 0 Å². The Morgan fingerprint density at radius 3 is 2.96 bits per heavy atom. The zero-order valence-electron chi connectivity index (χ0n) is 12.9. The largest absolute Gasteiger partial charge is 0.341 e. The molecule has 2 aromatic carbocycles. The third-order valence-corrected chi connectivity index (χ3v) is 4.42. The number of hydrogen-bond donors (Lipinski definition) is 1. The van der Waals surface area contributed by atoms with Crippen molar-refractivity contribution in [2.75, 3.05) is 7.05 Å². The standard InChI is InChI=1S/C18H18ClFN2O/c1-22(11-13-8-14(19)6-7-16(13)20)18(23)9-17-15-5-3-2-4-12(15)10-21-17/h2-8,17,21H,9-11H2,1H3. The highest BCUT2D eigenvalue weighted by molar-refractivity contribution is 6.30. The maximum atomic E-state index is 13.8. The van der Waals surface area contributed by atoms with Crippen LogP contribution < -0.4 is 5.32 Å². The summed E-state index contributed by atoms with van der Waals surface area (Å²) in [5.41, 5.74) is 2.82. The average Bonchev–Trinajstić information content (AvgIpc) is 2.94. The lowest BCUT2D eigenvalue weighted by atomic mass is 10.0. The second-order valence-corrected chi connectivity index (χ2v) is 6.26. The van der Waals surface area contributed by atoms with Crippen LogP contribution in [0.1, 0.15) is 29.2 Å². The monoisotopic (exact) mass is 332 g/mol. The van der Waals surface area contributed by atoms with Gasteiger partial charge in [-0.3, -0.25) is 4.79 Å². The Balaban J connectivity index is 1.66. The Bertz CT molecular complexity index is 735. The van der Waals surface area contributed by atoms with Crippen molar-refractivity contribution in [3.05, 3.63) is 70.0 Å². The molecule has 1 N–H and O–H groups in total. The van der Waals surface area contributed by atoms with E-state index in [-0.39, 0.29) is 24.3 Å². The zero-order valence-corrected chi connectivity index (χ0v) is 13.6. The van der Waals surface area contributed by atoms with Crippen LogP contribution in [-0.2, 0) is 17.9 Å². The Morgan fingerprint density at radius 1 is 1.35 bits per heavy atom. The minimum atomic E-state index is -0.349. The fourth-order valence-electron chi connectivity index (χ4n) is 2.90. The Kier molecular flexibility index (Phi) is 4.64. The summed E-state index contributed by atoms with van der Waals surface area (Å²) in [6, 6.07) is 12.5. The van der Waals surface area contributed by atoms with Gasteiger partial charge in [-0.15, -0.1) is 0 Å². The number of benzene rings is 2. The average molecular weight is 333 g/mol. The van der Waals surface area contributed by atoms with Gasteiger partial charge >= 0.3 is 0 Å². The maximum Gasteiger partial charge on any atom is 0.224 e. The van der Waals surface area contributed by atoms with Gasteiger partial charge in [0.1, 0.15) is 5.82 Å². The van der Waals surface area contributed by atoms with E-state index in [1.54, 1.807) is 13.1 Å². The molecule has 0 aliphatic carbocycles. The van der Waals surface area contributed by atoms with E-state index in [2.05, 4.69) is 11.4 Å². The first-order valence-corrected chi connectivity index (χ1v) is 7.91. The SMILES string of the molecule is CN(Cc1cc(Cl)ccc1F)C(=O)CC1NCc2ccccc21. The third-order valence-electron chi connectivity index (χ3n) is 4.19. The Hall–Kier alpha value is -1.91. The molecule has 3 nitrogen and oxygen atoms in total. The van der Waals surface area contributed by atoms with Gasteiger partial charge in [-0.2, -0.15) is 0 Å². The van der Waals surface area contributed by atoms with Gasteiger partial charge in [-0.1, -0.05) is 35.9 Å². The number of rotatable bonds is 4. The summed E-state index contributed by atoms with van der Waals surface area (Å²) in [5.74, 6) is -0.378. The molecule has 23 heavy (non-hydrogen) atoms. The highest BCUT2D eigenvalue weighted by Gasteiger charge is 2.25. The van der Waals surface area contributed by atoms with E-state index < -0.39 is 0 Å². The van der Waals surface area contributed by atoms with Crippen LogP contribution in [0.3, 0.4) is 0 Å². The number of hydrogen-bond acceptors (Lipinski definition) is 2. The zero-order chi connectivity index (χ0) is 16.4. The highest BCUT2D eigenvalue weighted by Crippen LogP contribution is 2.28. The summed E-state index contributed by atoms with van der Waals surface area (Å²) in [7, 11) is 1.68. The first-order valence-electron chi connectivity index (χ1n) is 7.53. The number of fused-ring (bicyclic) bond motifs is 1. The topological polar surface area (TPSA) is 32.3 Å². The predicted octanol–water partition coefficient (Wildman–Crippen LogP) is 3.67. The molecular weight excluding hydrogens is 315 g/mol. The van der Waals surface area contributed by atoms with E-state index in [9.17, 15) is 9.18 Å². The van der Waals surface area contributed by atoms with E-state index in [0.29, 0.717) is 17.0 Å². The van der Waals surface area contributed by atoms with Crippen molar-refractivity contribution in [2.45, 2.75) is 25.6 Å². The maximum absolute atomic E-state index is 13.8. The number of nitrogens with one attached hydrogen (secondary N) is 1. The lowest BCUT2D eigenvalue weighted by Gasteiger charge is -2.20. The second kappa shape index (κ2) is 6.69. The number of amides is 1. The van der Waals surface area contributed by atoms with Crippen LogP contribution in [-0.4, -0.2) is 17.9 Å². The minimum Gasteiger partial charge on any atom is -0.341 e. The lowest BCUT2D eigenvalue weighted by molar-refractivity contribution is -0.131. The Labute approximate surface area is 140 Å². The molecule has 1 heterocycles. The molecule has 0 fully saturated rings. The summed E-state index contributed by atoms with van der Waals surface area (Å²) < 4.78 is 13.8. The Morgan fingerprint density at radius 2 is 2.13 bits per heavy atom. The van der Waals surface area contributed by atoms with Crippen LogP contribution >= 0.6 is 11.6 Å². The van der Waals surface area contributed by atoms with Gasteiger partial charge in [0.25, 0.3) is 0 Å². The van der Waals surface area contributed by atoms with Crippen molar-refractivity contribution in [3.8, 4) is 0 Å². The normalized spacial score (nSPS) is 16.2. The summed E-state index contributed by atoms with van der Waals surface area (Å²) >= 11 is 5.89. The summed E-state index contributed by atoms with van der Waals surface area (Å²) in [6.07, 6.45) is 0.357. The number of carbonyl (C=O) groups is 1. The van der Waals surface area contributed by atoms with Crippen molar-refractivity contribution >= 4 is 17.5 Å². The van der Waals surface area contributed by atoms with Crippen molar-refractivity contribution in [1.82, 2.24) is 10.2 Å². The molecule has 0 radical (unpaired) electrons. The number of carbonyl (C=O) groups excluding carboxylic acids is 1. The van der Waals surface area contributed by atoms with Gasteiger partial charge in [-0.05, 0) is 29.3 Å². The summed E-state index contributed by atoms with van der Waals surface area (Å²) in [5, 5.41) is 3.82. The van der Waals surface area contributed by atoms with Gasteiger partial charge in [0.15, 0.2) is 0 Å². The third kappa shape index (κ3) is 3.54. The summed E-state index contributed by atoms with van der Waals surface area (Å²) in [4.78, 5) is 14.0. The minimum absolute atomic E-state index is 0.0189. The van der Waals surface area contributed by atoms with E-state index in [1.807, 2.05) is 18.2 Å². The molecule has 1 atom stereocenters. The molecule has 5 heteroatoms. The predicted molar refractivity (Wildman–Crippen MR) is 88.5 cm³/mol. The molecule has 3 rings (SSSR count). The van der Waals surface area contributed by atoms with E-state index in [4.69, 9.17) is 11.6 Å². The molecule has 1 aliphatic heterocycles. The smallest absolute Gasteiger partial charge is 0.224 e. The van der Waals surface area contributed by atoms with Crippen LogP contribution in [0.2, 0.25) is 5.02 Å². The first-order chi connectivity index (χ1) is 11.0. The van der Waals surface area contributed by atoms with Crippen LogP contribution in [0, 0.1) is 5.82 Å². The van der Waals surface area contributed by atoms with Gasteiger partial charge in [-0.25, -0.2) is 4.39 Å². The molecule has 0 aromatic heterocycles. The van der Waals surface area contributed by atoms with E-state index in [1.165, 1.54) is 28.2 Å². The molecule has 0 saturated heterocycles. The van der Waals surface area contributed by atoms with Crippen molar-refractivity contribution in [1.29, 1.82) is 0 Å². The lowest BCUT2D eigenvalue weighted by Crippen LogP contribution is -2.29. The van der Waals surface area contributed by atoms with Crippen LogP contribution in [0.15, 0.2) is 42.5 Å². The molecule has 2 aromatic rings. The van der Waals surface area contributed by atoms with Crippen molar-refractivity contribution in [2.24, 2.45) is 0 Å². The number of halogens is 2. The molecule has 0 spiro atoms. The fourth-order valence-corrected chi connectivity index (χ4v) is 3.09. The van der Waals surface area contributed by atoms with Gasteiger partial charge in [0.2, 0.25) is 5.91 Å². The van der Waals surface area contributed by atoms with Crippen LogP contribution in [0.5, 0.6) is 0 Å². The molecule has 120 valence electrons. The van der Waals surface area contributed by atoms with Gasteiger partial charge in [0, 0.05) is 43.2 Å². The molecular formula is C18H18ClFN2O. The van der Waals surface area contributed by atoms with Crippen molar-refractivity contribution in [3.63, 3.8) is 0 Å². The van der Waals surface area contributed by atoms with Crippen LogP contribution in [0.25, 0.3) is 0 Å².